The van der Waals surface area contributed by atoms with Gasteiger partial charge in [0.25, 0.3) is 0 Å². The Morgan fingerprint density at radius 1 is 1.45 bits per heavy atom. The zero-order valence-corrected chi connectivity index (χ0v) is 11.4. The van der Waals surface area contributed by atoms with E-state index in [0.29, 0.717) is 6.54 Å². The summed E-state index contributed by atoms with van der Waals surface area (Å²) >= 11 is 1.54. The van der Waals surface area contributed by atoms with Crippen molar-refractivity contribution in [1.29, 1.82) is 0 Å². The van der Waals surface area contributed by atoms with Gasteiger partial charge in [0.2, 0.25) is 5.91 Å². The van der Waals surface area contributed by atoms with Crippen molar-refractivity contribution < 1.29 is 9.90 Å². The molecule has 0 aliphatic carbocycles. The lowest BCUT2D eigenvalue weighted by atomic mass is 10.2. The summed E-state index contributed by atoms with van der Waals surface area (Å²) in [6, 6.07) is 6.84. The molecule has 2 N–H and O–H groups in total. The molecule has 2 heterocycles. The van der Waals surface area contributed by atoms with E-state index >= 15 is 0 Å². The molecule has 20 heavy (non-hydrogen) atoms. The van der Waals surface area contributed by atoms with E-state index in [2.05, 4.69) is 10.3 Å². The summed E-state index contributed by atoms with van der Waals surface area (Å²) in [5, 5.41) is 14.1. The van der Waals surface area contributed by atoms with Gasteiger partial charge in [-0.3, -0.25) is 9.20 Å². The minimum atomic E-state index is -0.0842. The molecule has 3 rings (SSSR count). The van der Waals surface area contributed by atoms with Crippen LogP contribution in [-0.4, -0.2) is 20.4 Å². The number of rotatable bonds is 4. The third kappa shape index (κ3) is 2.80. The van der Waals surface area contributed by atoms with Gasteiger partial charge in [-0.05, 0) is 17.7 Å². The van der Waals surface area contributed by atoms with Crippen LogP contribution in [0.2, 0.25) is 0 Å². The molecule has 0 unspecified atom stereocenters. The molecular weight excluding hydrogens is 274 g/mol. The van der Waals surface area contributed by atoms with Gasteiger partial charge in [0.15, 0.2) is 4.96 Å². The molecule has 0 saturated carbocycles. The van der Waals surface area contributed by atoms with Crippen molar-refractivity contribution >= 4 is 22.2 Å². The third-order valence-corrected chi connectivity index (χ3v) is 3.66. The van der Waals surface area contributed by atoms with Gasteiger partial charge in [-0.2, -0.15) is 0 Å². The maximum absolute atomic E-state index is 11.8. The summed E-state index contributed by atoms with van der Waals surface area (Å²) in [6.45, 7) is 0.398. The van der Waals surface area contributed by atoms with Crippen LogP contribution in [0.4, 0.5) is 0 Å². The second kappa shape index (κ2) is 5.34. The second-order valence-electron chi connectivity index (χ2n) is 4.45. The zero-order valence-electron chi connectivity index (χ0n) is 10.6. The van der Waals surface area contributed by atoms with Crippen molar-refractivity contribution in [3.05, 3.63) is 53.3 Å². The molecule has 3 aromatic rings. The number of phenols is 1. The van der Waals surface area contributed by atoms with E-state index in [1.807, 2.05) is 28.2 Å². The molecule has 1 amide bonds. The van der Waals surface area contributed by atoms with Crippen LogP contribution in [0.25, 0.3) is 4.96 Å². The maximum Gasteiger partial charge on any atom is 0.226 e. The topological polar surface area (TPSA) is 66.6 Å². The van der Waals surface area contributed by atoms with Gasteiger partial charge in [-0.1, -0.05) is 12.1 Å². The number of imidazole rings is 1. The molecule has 0 aliphatic rings. The lowest BCUT2D eigenvalue weighted by Gasteiger charge is -2.04. The first-order valence-electron chi connectivity index (χ1n) is 6.16. The van der Waals surface area contributed by atoms with Gasteiger partial charge >= 0.3 is 0 Å². The fourth-order valence-corrected chi connectivity index (χ4v) is 2.67. The standard InChI is InChI=1S/C14H13N3O2S/c18-12-3-1-2-10(6-12)8-15-13(19)7-11-9-17-4-5-20-14(17)16-11/h1-6,9,18H,7-8H2,(H,15,19). The number of aromatic nitrogens is 2. The molecule has 0 spiro atoms. The Kier molecular flexibility index (Phi) is 3.39. The van der Waals surface area contributed by atoms with Crippen molar-refractivity contribution in [2.75, 3.05) is 0 Å². The number of hydrogen-bond acceptors (Lipinski definition) is 4. The number of hydrogen-bond donors (Lipinski definition) is 2. The van der Waals surface area contributed by atoms with Crippen LogP contribution in [0, 0.1) is 0 Å². The first kappa shape index (κ1) is 12.7. The molecule has 2 aromatic heterocycles. The summed E-state index contributed by atoms with van der Waals surface area (Å²) in [7, 11) is 0. The third-order valence-electron chi connectivity index (χ3n) is 2.89. The molecule has 0 radical (unpaired) electrons. The molecule has 6 heteroatoms. The summed E-state index contributed by atoms with van der Waals surface area (Å²) in [5.74, 6) is 0.116. The highest BCUT2D eigenvalue weighted by molar-refractivity contribution is 7.15. The number of fused-ring (bicyclic) bond motifs is 1. The highest BCUT2D eigenvalue weighted by Crippen LogP contribution is 2.12. The molecule has 1 aromatic carbocycles. The number of carbonyl (C=O) groups is 1. The van der Waals surface area contributed by atoms with Crippen molar-refractivity contribution in [2.24, 2.45) is 0 Å². The first-order valence-corrected chi connectivity index (χ1v) is 7.04. The van der Waals surface area contributed by atoms with E-state index < -0.39 is 0 Å². The number of aromatic hydroxyl groups is 1. The smallest absolute Gasteiger partial charge is 0.226 e. The van der Waals surface area contributed by atoms with Gasteiger partial charge < -0.3 is 10.4 Å². The van der Waals surface area contributed by atoms with Gasteiger partial charge in [-0.15, -0.1) is 11.3 Å². The van der Waals surface area contributed by atoms with Crippen LogP contribution < -0.4 is 5.32 Å². The average Bonchev–Trinajstić information content (AvgIpc) is 2.97. The fourth-order valence-electron chi connectivity index (χ4n) is 1.96. The van der Waals surface area contributed by atoms with Crippen molar-refractivity contribution in [2.45, 2.75) is 13.0 Å². The van der Waals surface area contributed by atoms with Crippen molar-refractivity contribution in [1.82, 2.24) is 14.7 Å². The summed E-state index contributed by atoms with van der Waals surface area (Å²) in [5.41, 5.74) is 1.62. The van der Waals surface area contributed by atoms with Crippen LogP contribution in [0.3, 0.4) is 0 Å². The highest BCUT2D eigenvalue weighted by Gasteiger charge is 2.08. The predicted molar refractivity (Wildman–Crippen MR) is 76.7 cm³/mol. The second-order valence-corrected chi connectivity index (χ2v) is 5.32. The Hall–Kier alpha value is -2.34. The molecule has 0 atom stereocenters. The van der Waals surface area contributed by atoms with Crippen LogP contribution in [0.15, 0.2) is 42.0 Å². The average molecular weight is 287 g/mol. The van der Waals surface area contributed by atoms with E-state index in [1.165, 1.54) is 11.3 Å². The molecule has 0 fully saturated rings. The summed E-state index contributed by atoms with van der Waals surface area (Å²) in [6.07, 6.45) is 4.04. The van der Waals surface area contributed by atoms with Crippen LogP contribution in [-0.2, 0) is 17.8 Å². The van der Waals surface area contributed by atoms with Gasteiger partial charge in [0, 0.05) is 24.3 Å². The lowest BCUT2D eigenvalue weighted by Crippen LogP contribution is -2.24. The Balaban J connectivity index is 1.58. The normalized spacial score (nSPS) is 10.8. The Labute approximate surface area is 119 Å². The molecule has 0 aliphatic heterocycles. The fraction of sp³-hybridized carbons (Fsp3) is 0.143. The first-order chi connectivity index (χ1) is 9.70. The van der Waals surface area contributed by atoms with Crippen LogP contribution in [0.5, 0.6) is 5.75 Å². The molecular formula is C14H13N3O2S. The van der Waals surface area contributed by atoms with E-state index in [0.717, 1.165) is 16.2 Å². The summed E-state index contributed by atoms with van der Waals surface area (Å²) in [4.78, 5) is 17.1. The SMILES string of the molecule is O=C(Cc1cn2ccsc2n1)NCc1cccc(O)c1. The van der Waals surface area contributed by atoms with E-state index in [1.54, 1.807) is 18.2 Å². The lowest BCUT2D eigenvalue weighted by molar-refractivity contribution is -0.120. The molecule has 0 bridgehead atoms. The number of nitrogens with one attached hydrogen (secondary N) is 1. The molecule has 0 saturated heterocycles. The quantitative estimate of drug-likeness (QED) is 0.771. The predicted octanol–water partition coefficient (Wildman–Crippen LogP) is 1.96. The van der Waals surface area contributed by atoms with Crippen molar-refractivity contribution in [3.8, 4) is 5.75 Å². The summed E-state index contributed by atoms with van der Waals surface area (Å²) < 4.78 is 1.91. The van der Waals surface area contributed by atoms with Gasteiger partial charge in [0.1, 0.15) is 5.75 Å². The zero-order chi connectivity index (χ0) is 13.9. The highest BCUT2D eigenvalue weighted by atomic mass is 32.1. The number of benzene rings is 1. The van der Waals surface area contributed by atoms with E-state index in [4.69, 9.17) is 0 Å². The van der Waals surface area contributed by atoms with Crippen LogP contribution in [0.1, 0.15) is 11.3 Å². The number of amides is 1. The molecule has 5 nitrogen and oxygen atoms in total. The number of phenolic OH excluding ortho intramolecular Hbond substituents is 1. The minimum absolute atomic E-state index is 0.0842. The monoisotopic (exact) mass is 287 g/mol. The number of carbonyl (C=O) groups excluding carboxylic acids is 1. The minimum Gasteiger partial charge on any atom is -0.508 e. The van der Waals surface area contributed by atoms with Gasteiger partial charge in [-0.25, -0.2) is 4.98 Å². The Bertz CT molecular complexity index is 719. The van der Waals surface area contributed by atoms with E-state index in [-0.39, 0.29) is 18.1 Å². The van der Waals surface area contributed by atoms with Crippen molar-refractivity contribution in [3.63, 3.8) is 0 Å². The Morgan fingerprint density at radius 3 is 3.15 bits per heavy atom. The molecule has 102 valence electrons. The van der Waals surface area contributed by atoms with Crippen LogP contribution >= 0.6 is 11.3 Å². The maximum atomic E-state index is 11.8. The number of thiazole rings is 1. The Morgan fingerprint density at radius 2 is 2.35 bits per heavy atom. The van der Waals surface area contributed by atoms with Gasteiger partial charge in [0.05, 0.1) is 12.1 Å². The number of nitrogens with zero attached hydrogens (tertiary/aromatic N) is 2. The largest absolute Gasteiger partial charge is 0.508 e. The van der Waals surface area contributed by atoms with E-state index in [9.17, 15) is 9.90 Å².